The zero-order valence-electron chi connectivity index (χ0n) is 21.7. The van der Waals surface area contributed by atoms with Crippen molar-refractivity contribution < 1.29 is 22.4 Å². The molecule has 0 radical (unpaired) electrons. The topological polar surface area (TPSA) is 86.8 Å². The van der Waals surface area contributed by atoms with Gasteiger partial charge in [0.1, 0.15) is 18.4 Å². The smallest absolute Gasteiger partial charge is 0.264 e. The maximum Gasteiger partial charge on any atom is 0.264 e. The summed E-state index contributed by atoms with van der Waals surface area (Å²) in [5.74, 6) is -1.85. The van der Waals surface area contributed by atoms with Gasteiger partial charge in [0.15, 0.2) is 0 Å². The van der Waals surface area contributed by atoms with Crippen LogP contribution in [0, 0.1) is 5.82 Å². The zero-order valence-corrected chi connectivity index (χ0v) is 24.1. The molecule has 202 valence electrons. The molecule has 1 atom stereocenters. The number of benzene rings is 3. The first-order valence-electron chi connectivity index (χ1n) is 12.0. The predicted molar refractivity (Wildman–Crippen MR) is 149 cm³/mol. The Hall–Kier alpha value is -3.24. The van der Waals surface area contributed by atoms with Gasteiger partial charge < -0.3 is 10.2 Å². The Kier molecular flexibility index (Phi) is 9.32. The number of nitrogens with zero attached hydrogens (tertiary/aromatic N) is 2. The van der Waals surface area contributed by atoms with Gasteiger partial charge in [-0.05, 0) is 69.7 Å². The van der Waals surface area contributed by atoms with E-state index in [-0.39, 0.29) is 17.1 Å². The van der Waals surface area contributed by atoms with Gasteiger partial charge in [-0.3, -0.25) is 13.9 Å². The van der Waals surface area contributed by atoms with E-state index in [1.165, 1.54) is 35.2 Å². The number of para-hydroxylation sites is 1. The molecule has 3 rings (SSSR count). The van der Waals surface area contributed by atoms with Gasteiger partial charge in [0.25, 0.3) is 10.0 Å². The molecule has 0 spiro atoms. The van der Waals surface area contributed by atoms with Crippen molar-refractivity contribution in [2.45, 2.75) is 50.7 Å². The fraction of sp³-hybridized carbons (Fsp3) is 0.286. The molecule has 0 saturated heterocycles. The van der Waals surface area contributed by atoms with Crippen LogP contribution in [-0.2, 0) is 26.2 Å². The van der Waals surface area contributed by atoms with Crippen LogP contribution in [0.15, 0.2) is 88.2 Å². The Morgan fingerprint density at radius 2 is 1.53 bits per heavy atom. The number of anilines is 1. The van der Waals surface area contributed by atoms with Crippen molar-refractivity contribution in [3.63, 3.8) is 0 Å². The standard InChI is InChI=1S/C28H31BrFN3O4S/c1-20(27(35)31-28(2,3)4)32(18-21-14-16-22(29)17-15-21)26(34)19-33(25-13-9-8-12-24(25)30)38(36,37)23-10-6-5-7-11-23/h5-17,20H,18-19H2,1-4H3,(H,31,35). The number of nitrogens with one attached hydrogen (secondary N) is 1. The molecule has 0 aliphatic rings. The molecule has 0 bridgehead atoms. The lowest BCUT2D eigenvalue weighted by molar-refractivity contribution is -0.140. The third kappa shape index (κ3) is 7.41. The third-order valence-corrected chi connectivity index (χ3v) is 7.97. The fourth-order valence-electron chi connectivity index (χ4n) is 3.73. The van der Waals surface area contributed by atoms with E-state index in [1.54, 1.807) is 37.3 Å². The Morgan fingerprint density at radius 1 is 0.947 bits per heavy atom. The van der Waals surface area contributed by atoms with E-state index in [2.05, 4.69) is 21.2 Å². The van der Waals surface area contributed by atoms with Gasteiger partial charge in [-0.15, -0.1) is 0 Å². The molecule has 10 heteroatoms. The minimum atomic E-state index is -4.32. The largest absolute Gasteiger partial charge is 0.350 e. The highest BCUT2D eigenvalue weighted by Gasteiger charge is 2.34. The lowest BCUT2D eigenvalue weighted by Crippen LogP contribution is -2.54. The fourth-order valence-corrected chi connectivity index (χ4v) is 5.44. The Bertz CT molecular complexity index is 1380. The summed E-state index contributed by atoms with van der Waals surface area (Å²) in [7, 11) is -4.32. The summed E-state index contributed by atoms with van der Waals surface area (Å²) in [6, 6.07) is 19.2. The van der Waals surface area contributed by atoms with E-state index < -0.39 is 45.8 Å². The van der Waals surface area contributed by atoms with Crippen molar-refractivity contribution >= 4 is 43.5 Å². The van der Waals surface area contributed by atoms with Gasteiger partial charge in [0.05, 0.1) is 10.6 Å². The summed E-state index contributed by atoms with van der Waals surface area (Å²) < 4.78 is 43.8. The number of amides is 2. The first-order chi connectivity index (χ1) is 17.8. The summed E-state index contributed by atoms with van der Waals surface area (Å²) >= 11 is 3.38. The highest BCUT2D eigenvalue weighted by atomic mass is 79.9. The van der Waals surface area contributed by atoms with E-state index in [9.17, 15) is 22.4 Å². The maximum absolute atomic E-state index is 14.9. The van der Waals surface area contributed by atoms with Crippen molar-refractivity contribution in [3.8, 4) is 0 Å². The Morgan fingerprint density at radius 3 is 2.11 bits per heavy atom. The molecule has 0 heterocycles. The lowest BCUT2D eigenvalue weighted by Gasteiger charge is -2.33. The highest BCUT2D eigenvalue weighted by Crippen LogP contribution is 2.27. The lowest BCUT2D eigenvalue weighted by atomic mass is 10.1. The molecule has 0 aliphatic heterocycles. The second kappa shape index (κ2) is 12.1. The second-order valence-electron chi connectivity index (χ2n) is 9.84. The van der Waals surface area contributed by atoms with Crippen molar-refractivity contribution in [3.05, 3.63) is 94.7 Å². The molecule has 0 aliphatic carbocycles. The summed E-state index contributed by atoms with van der Waals surface area (Å²) in [5, 5.41) is 2.87. The normalized spacial score (nSPS) is 12.5. The average molecular weight is 605 g/mol. The van der Waals surface area contributed by atoms with Crippen molar-refractivity contribution in [2.24, 2.45) is 0 Å². The number of rotatable bonds is 9. The van der Waals surface area contributed by atoms with Crippen LogP contribution >= 0.6 is 15.9 Å². The molecule has 1 N–H and O–H groups in total. The number of halogens is 2. The zero-order chi connectivity index (χ0) is 28.1. The number of hydrogen-bond acceptors (Lipinski definition) is 4. The van der Waals surface area contributed by atoms with Crippen molar-refractivity contribution in [1.29, 1.82) is 0 Å². The van der Waals surface area contributed by atoms with Gasteiger partial charge in [0, 0.05) is 16.6 Å². The van der Waals surface area contributed by atoms with Crippen LogP contribution in [-0.4, -0.2) is 43.3 Å². The molecular formula is C28H31BrFN3O4S. The van der Waals surface area contributed by atoms with E-state index in [4.69, 9.17) is 0 Å². The first kappa shape index (κ1) is 29.3. The van der Waals surface area contributed by atoms with Crippen LogP contribution in [0.25, 0.3) is 0 Å². The van der Waals surface area contributed by atoms with E-state index in [1.807, 2.05) is 32.9 Å². The molecule has 7 nitrogen and oxygen atoms in total. The SMILES string of the molecule is CC(C(=O)NC(C)(C)C)N(Cc1ccc(Br)cc1)C(=O)CN(c1ccccc1F)S(=O)(=O)c1ccccc1. The number of sulfonamides is 1. The molecule has 0 saturated carbocycles. The van der Waals surface area contributed by atoms with Gasteiger partial charge >= 0.3 is 0 Å². The van der Waals surface area contributed by atoms with E-state index in [0.29, 0.717) is 0 Å². The molecule has 0 aromatic heterocycles. The number of carbonyl (C=O) groups excluding carboxylic acids is 2. The third-order valence-electron chi connectivity index (χ3n) is 5.66. The van der Waals surface area contributed by atoms with Gasteiger partial charge in [-0.1, -0.05) is 58.4 Å². The second-order valence-corrected chi connectivity index (χ2v) is 12.6. The predicted octanol–water partition coefficient (Wildman–Crippen LogP) is 5.12. The Labute approximate surface area is 231 Å². The maximum atomic E-state index is 14.9. The minimum Gasteiger partial charge on any atom is -0.350 e. The summed E-state index contributed by atoms with van der Waals surface area (Å²) in [6.45, 7) is 6.39. The van der Waals surface area contributed by atoms with Gasteiger partial charge in [-0.2, -0.15) is 0 Å². The molecule has 3 aromatic carbocycles. The highest BCUT2D eigenvalue weighted by molar-refractivity contribution is 9.10. The molecule has 1 unspecified atom stereocenters. The van der Waals surface area contributed by atoms with Gasteiger partial charge in [-0.25, -0.2) is 12.8 Å². The Balaban J connectivity index is 2.03. The summed E-state index contributed by atoms with van der Waals surface area (Å²) in [4.78, 5) is 28.1. The average Bonchev–Trinajstić information content (AvgIpc) is 2.86. The van der Waals surface area contributed by atoms with Crippen LogP contribution in [0.3, 0.4) is 0 Å². The summed E-state index contributed by atoms with van der Waals surface area (Å²) in [6.07, 6.45) is 0. The van der Waals surface area contributed by atoms with Crippen LogP contribution < -0.4 is 9.62 Å². The molecule has 3 aromatic rings. The number of carbonyl (C=O) groups is 2. The van der Waals surface area contributed by atoms with Crippen LogP contribution in [0.2, 0.25) is 0 Å². The number of hydrogen-bond donors (Lipinski definition) is 1. The van der Waals surface area contributed by atoms with Crippen LogP contribution in [0.5, 0.6) is 0 Å². The van der Waals surface area contributed by atoms with Crippen molar-refractivity contribution in [2.75, 3.05) is 10.8 Å². The van der Waals surface area contributed by atoms with E-state index >= 15 is 0 Å². The van der Waals surface area contributed by atoms with Gasteiger partial charge in [0.2, 0.25) is 11.8 Å². The molecular weight excluding hydrogens is 573 g/mol. The summed E-state index contributed by atoms with van der Waals surface area (Å²) in [5.41, 5.74) is -0.0755. The van der Waals surface area contributed by atoms with Crippen LogP contribution in [0.4, 0.5) is 10.1 Å². The van der Waals surface area contributed by atoms with E-state index in [0.717, 1.165) is 20.4 Å². The van der Waals surface area contributed by atoms with Crippen LogP contribution in [0.1, 0.15) is 33.3 Å². The quantitative estimate of drug-likeness (QED) is 0.368. The van der Waals surface area contributed by atoms with Crippen molar-refractivity contribution in [1.82, 2.24) is 10.2 Å². The minimum absolute atomic E-state index is 0.0430. The monoisotopic (exact) mass is 603 g/mol. The molecule has 0 fully saturated rings. The molecule has 2 amide bonds. The molecule has 38 heavy (non-hydrogen) atoms. The first-order valence-corrected chi connectivity index (χ1v) is 14.2.